The first-order valence-electron chi connectivity index (χ1n) is 13.6. The molecule has 1 saturated heterocycles. The maximum atomic E-state index is 15.3. The van der Waals surface area contributed by atoms with Crippen molar-refractivity contribution in [2.24, 2.45) is 11.6 Å². The molecule has 220 valence electrons. The van der Waals surface area contributed by atoms with E-state index < -0.39 is 23.5 Å². The van der Waals surface area contributed by atoms with Gasteiger partial charge in [0.1, 0.15) is 11.2 Å². The summed E-state index contributed by atoms with van der Waals surface area (Å²) in [5, 5.41) is 3.67. The van der Waals surface area contributed by atoms with Crippen LogP contribution in [0.4, 0.5) is 15.8 Å². The summed E-state index contributed by atoms with van der Waals surface area (Å²) in [7, 11) is 0. The Kier molecular flexibility index (Phi) is 8.81. The minimum atomic E-state index is -0.807. The Bertz CT molecular complexity index is 1610. The zero-order valence-electron chi connectivity index (χ0n) is 22.6. The molecule has 3 aromatic rings. The van der Waals surface area contributed by atoms with Crippen LogP contribution in [0.5, 0.6) is 0 Å². The summed E-state index contributed by atoms with van der Waals surface area (Å²) >= 11 is 11.8. The zero-order chi connectivity index (χ0) is 30.0. The molecular weight excluding hydrogens is 584 g/mol. The van der Waals surface area contributed by atoms with Gasteiger partial charge in [0.15, 0.2) is 5.82 Å². The van der Waals surface area contributed by atoms with Gasteiger partial charge in [-0.25, -0.2) is 15.2 Å². The average Bonchev–Trinajstić information content (AvgIpc) is 3.35. The number of carbonyl (C=O) groups is 2. The summed E-state index contributed by atoms with van der Waals surface area (Å²) in [5.41, 5.74) is 6.57. The van der Waals surface area contributed by atoms with Gasteiger partial charge in [-0.1, -0.05) is 48.2 Å². The van der Waals surface area contributed by atoms with Crippen LogP contribution in [0.2, 0.25) is 5.02 Å². The Morgan fingerprint density at radius 3 is 2.67 bits per heavy atom. The van der Waals surface area contributed by atoms with E-state index in [0.29, 0.717) is 25.1 Å². The second-order valence-corrected chi connectivity index (χ2v) is 11.1. The summed E-state index contributed by atoms with van der Waals surface area (Å²) in [6.45, 7) is 0.506. The number of nitrogens with zero attached hydrogens (tertiary/aromatic N) is 4. The Balaban J connectivity index is 1.57. The van der Waals surface area contributed by atoms with Gasteiger partial charge < -0.3 is 11.1 Å². The molecule has 10 nitrogen and oxygen atoms in total. The highest BCUT2D eigenvalue weighted by Crippen LogP contribution is 2.36. The Labute approximate surface area is 251 Å². The molecule has 0 aliphatic carbocycles. The van der Waals surface area contributed by atoms with Crippen molar-refractivity contribution in [2.75, 3.05) is 16.5 Å². The highest BCUT2D eigenvalue weighted by Gasteiger charge is 2.37. The summed E-state index contributed by atoms with van der Waals surface area (Å²) in [4.78, 5) is 45.3. The number of amides is 2. The van der Waals surface area contributed by atoms with Gasteiger partial charge in [-0.3, -0.25) is 28.9 Å². The number of hydrogen-bond donors (Lipinski definition) is 3. The number of fused-ring (bicyclic) bond motifs is 4. The second kappa shape index (κ2) is 12.5. The van der Waals surface area contributed by atoms with Crippen LogP contribution in [0.3, 0.4) is 0 Å². The molecule has 5 N–H and O–H groups in total. The lowest BCUT2D eigenvalue weighted by Crippen LogP contribution is -2.45. The first-order chi connectivity index (χ1) is 20.2. The number of hydrazine groups is 1. The fraction of sp³-hybridized carbons (Fsp3) is 0.310. The molecule has 2 atom stereocenters. The van der Waals surface area contributed by atoms with Gasteiger partial charge in [0.2, 0.25) is 11.8 Å². The van der Waals surface area contributed by atoms with Crippen LogP contribution >= 0.6 is 23.2 Å². The number of halogens is 3. The van der Waals surface area contributed by atoms with E-state index in [1.807, 2.05) is 18.2 Å². The fourth-order valence-electron chi connectivity index (χ4n) is 5.56. The van der Waals surface area contributed by atoms with Crippen LogP contribution in [-0.2, 0) is 9.59 Å². The molecule has 1 fully saturated rings. The van der Waals surface area contributed by atoms with Crippen molar-refractivity contribution >= 4 is 46.4 Å². The van der Waals surface area contributed by atoms with E-state index in [1.54, 1.807) is 11.0 Å². The number of aromatic nitrogens is 2. The maximum absolute atomic E-state index is 15.3. The summed E-state index contributed by atoms with van der Waals surface area (Å²) in [5.74, 6) is 4.95. The molecule has 42 heavy (non-hydrogen) atoms. The molecule has 2 aromatic carbocycles. The summed E-state index contributed by atoms with van der Waals surface area (Å²) < 4.78 is 16.8. The zero-order valence-corrected chi connectivity index (χ0v) is 24.1. The topological polar surface area (TPSA) is 140 Å². The Morgan fingerprint density at radius 2 is 1.90 bits per heavy atom. The van der Waals surface area contributed by atoms with Crippen molar-refractivity contribution in [1.29, 1.82) is 0 Å². The van der Waals surface area contributed by atoms with Gasteiger partial charge in [0.05, 0.1) is 40.5 Å². The maximum Gasteiger partial charge on any atom is 0.254 e. The van der Waals surface area contributed by atoms with E-state index in [1.165, 1.54) is 35.3 Å². The van der Waals surface area contributed by atoms with Gasteiger partial charge >= 0.3 is 0 Å². The third-order valence-electron chi connectivity index (χ3n) is 7.54. The van der Waals surface area contributed by atoms with E-state index in [4.69, 9.17) is 34.8 Å². The second-order valence-electron chi connectivity index (χ2n) is 10.3. The Hall–Kier alpha value is -3.93. The molecule has 13 heteroatoms. The molecule has 2 unspecified atom stereocenters. The molecule has 5 rings (SSSR count). The third kappa shape index (κ3) is 5.99. The summed E-state index contributed by atoms with van der Waals surface area (Å²) in [6, 6.07) is 10.3. The van der Waals surface area contributed by atoms with Crippen LogP contribution in [0.1, 0.15) is 50.1 Å². The third-order valence-corrected chi connectivity index (χ3v) is 7.93. The average molecular weight is 615 g/mol. The lowest BCUT2D eigenvalue weighted by Gasteiger charge is -2.26. The normalized spacial score (nSPS) is 19.8. The lowest BCUT2D eigenvalue weighted by molar-refractivity contribution is -0.123. The molecule has 0 radical (unpaired) electrons. The predicted molar refractivity (Wildman–Crippen MR) is 160 cm³/mol. The first kappa shape index (κ1) is 29.6. The van der Waals surface area contributed by atoms with E-state index in [-0.39, 0.29) is 45.4 Å². The number of hydrogen-bond acceptors (Lipinski definition) is 7. The Morgan fingerprint density at radius 1 is 1.10 bits per heavy atom. The van der Waals surface area contributed by atoms with Gasteiger partial charge in [0, 0.05) is 24.7 Å². The molecule has 3 heterocycles. The van der Waals surface area contributed by atoms with Crippen molar-refractivity contribution in [3.63, 3.8) is 0 Å². The molecule has 2 bridgehead atoms. The molecule has 0 spiro atoms. The van der Waals surface area contributed by atoms with Crippen LogP contribution in [0.15, 0.2) is 64.9 Å². The van der Waals surface area contributed by atoms with Crippen molar-refractivity contribution in [3.05, 3.63) is 86.9 Å². The van der Waals surface area contributed by atoms with Crippen LogP contribution in [0, 0.1) is 5.82 Å². The van der Waals surface area contributed by atoms with E-state index in [9.17, 15) is 14.4 Å². The number of benzene rings is 2. The van der Waals surface area contributed by atoms with Gasteiger partial charge in [0.25, 0.3) is 5.56 Å². The van der Waals surface area contributed by atoms with Crippen LogP contribution in [-0.4, -0.2) is 34.0 Å². The lowest BCUT2D eigenvalue weighted by atomic mass is 9.99. The number of nitrogens with two attached hydrogens (primary N) is 2. The first-order valence-corrected chi connectivity index (χ1v) is 14.3. The van der Waals surface area contributed by atoms with Crippen molar-refractivity contribution < 1.29 is 14.0 Å². The van der Waals surface area contributed by atoms with Crippen molar-refractivity contribution in [3.8, 4) is 11.3 Å². The van der Waals surface area contributed by atoms with Crippen LogP contribution in [0.25, 0.3) is 11.3 Å². The molecule has 2 aliphatic rings. The fourth-order valence-corrected chi connectivity index (χ4v) is 5.82. The minimum Gasteiger partial charge on any atom is -0.388 e. The predicted octanol–water partition coefficient (Wildman–Crippen LogP) is 4.15. The van der Waals surface area contributed by atoms with Crippen LogP contribution < -0.4 is 32.4 Å². The minimum absolute atomic E-state index is 0.0247. The molecule has 2 aliphatic heterocycles. The van der Waals surface area contributed by atoms with Crippen molar-refractivity contribution in [1.82, 2.24) is 14.9 Å². The number of anilines is 2. The van der Waals surface area contributed by atoms with Gasteiger partial charge in [-0.15, -0.1) is 0 Å². The SMILES string of the molecule is N/C(Cl)=C\N(N)c1ccc(Cl)c(F)c1-c1cc(=O)n(C2CCCCCNC(=O)C3CCC(=O)N3c3cccc2c3)cn1. The van der Waals surface area contributed by atoms with E-state index in [2.05, 4.69) is 10.3 Å². The molecule has 1 aromatic heterocycles. The largest absolute Gasteiger partial charge is 0.388 e. The number of nitrogens with one attached hydrogen (secondary N) is 1. The standard InChI is InChI=1S/C29H30Cl2FN7O3/c30-19-8-9-22(38(34)15-24(31)33)27(28(19)32)20-14-26(41)37(16-36-20)21-7-2-1-3-12-35-29(42)23-10-11-25(40)39(23)18-6-4-5-17(21)13-18/h4-6,8-9,13-16,21,23H,1-3,7,10-12,33-34H2,(H,35,42)/b24-15-. The van der Waals surface area contributed by atoms with Crippen molar-refractivity contribution in [2.45, 2.75) is 50.6 Å². The molecule has 2 amide bonds. The number of carbonyl (C=O) groups excluding carboxylic acids is 2. The van der Waals surface area contributed by atoms with E-state index in [0.717, 1.165) is 29.8 Å². The molecule has 0 saturated carbocycles. The van der Waals surface area contributed by atoms with Gasteiger partial charge in [-0.05, 0) is 49.1 Å². The van der Waals surface area contributed by atoms with E-state index >= 15 is 4.39 Å². The number of rotatable bonds is 4. The van der Waals surface area contributed by atoms with Gasteiger partial charge in [-0.2, -0.15) is 0 Å². The highest BCUT2D eigenvalue weighted by molar-refractivity contribution is 6.31. The monoisotopic (exact) mass is 613 g/mol. The summed E-state index contributed by atoms with van der Waals surface area (Å²) in [6.07, 6.45) is 6.24. The quantitative estimate of drug-likeness (QED) is 0.228. The molecular formula is C29H30Cl2FN7O3. The highest BCUT2D eigenvalue weighted by atomic mass is 35.5. The smallest absolute Gasteiger partial charge is 0.254 e.